The van der Waals surface area contributed by atoms with Crippen LogP contribution in [0, 0.1) is 11.3 Å². The first-order valence-electron chi connectivity index (χ1n) is 12.2. The Balaban J connectivity index is 1.52. The molecule has 1 saturated carbocycles. The van der Waals surface area contributed by atoms with Gasteiger partial charge in [-0.2, -0.15) is 5.26 Å². The Morgan fingerprint density at radius 3 is 2.50 bits per heavy atom. The van der Waals surface area contributed by atoms with Crippen LogP contribution in [-0.4, -0.2) is 40.7 Å². The lowest BCUT2D eigenvalue weighted by Gasteiger charge is -2.34. The monoisotopic (exact) mass is 448 g/mol. The van der Waals surface area contributed by atoms with Gasteiger partial charge in [0.2, 0.25) is 0 Å². The fourth-order valence-electron chi connectivity index (χ4n) is 5.09. The predicted octanol–water partition coefficient (Wildman–Crippen LogP) is 5.02. The predicted molar refractivity (Wildman–Crippen MR) is 135 cm³/mol. The number of fused-ring (bicyclic) bond motifs is 1. The van der Waals surface area contributed by atoms with E-state index in [1.54, 1.807) is 0 Å². The van der Waals surface area contributed by atoms with Crippen LogP contribution in [0.25, 0.3) is 28.2 Å². The molecule has 6 heteroatoms. The van der Waals surface area contributed by atoms with Crippen LogP contribution in [0.3, 0.4) is 0 Å². The number of anilines is 1. The highest BCUT2D eigenvalue weighted by atomic mass is 15.2. The Labute approximate surface area is 199 Å². The van der Waals surface area contributed by atoms with Gasteiger partial charge in [-0.3, -0.25) is 4.57 Å². The fourth-order valence-corrected chi connectivity index (χ4v) is 5.09. The van der Waals surface area contributed by atoms with Crippen LogP contribution in [0.5, 0.6) is 0 Å². The van der Waals surface area contributed by atoms with Gasteiger partial charge in [-0.05, 0) is 86.7 Å². The topological polar surface area (TPSA) is 69.8 Å². The summed E-state index contributed by atoms with van der Waals surface area (Å²) < 4.78 is 2.16. The summed E-state index contributed by atoms with van der Waals surface area (Å²) in [4.78, 5) is 12.4. The van der Waals surface area contributed by atoms with E-state index in [2.05, 4.69) is 51.2 Å². The molecule has 2 fully saturated rings. The van der Waals surface area contributed by atoms with E-state index in [-0.39, 0.29) is 0 Å². The first-order chi connectivity index (χ1) is 16.7. The minimum absolute atomic E-state index is 0.479. The maximum Gasteiger partial charge on any atom is 0.167 e. The number of hydrogen-bond donors (Lipinski definition) is 1. The van der Waals surface area contributed by atoms with Gasteiger partial charge in [0.1, 0.15) is 11.3 Å². The summed E-state index contributed by atoms with van der Waals surface area (Å²) in [5.41, 5.74) is 7.00. The van der Waals surface area contributed by atoms with E-state index in [9.17, 15) is 5.26 Å². The Hall–Kier alpha value is -3.69. The molecule has 2 aromatic heterocycles. The van der Waals surface area contributed by atoms with Gasteiger partial charge < -0.3 is 10.2 Å². The van der Waals surface area contributed by atoms with Crippen molar-refractivity contribution in [2.24, 2.45) is 0 Å². The van der Waals surface area contributed by atoms with Crippen molar-refractivity contribution in [3.05, 3.63) is 71.9 Å². The van der Waals surface area contributed by atoms with Crippen LogP contribution in [0.4, 0.5) is 5.69 Å². The van der Waals surface area contributed by atoms with Crippen molar-refractivity contribution in [2.45, 2.75) is 37.6 Å². The first-order valence-corrected chi connectivity index (χ1v) is 12.2. The second-order valence-electron chi connectivity index (χ2n) is 9.40. The Bertz CT molecular complexity index is 1360. The molecule has 0 bridgehead atoms. The molecule has 6 nitrogen and oxygen atoms in total. The Kier molecular flexibility index (Phi) is 5.27. The molecule has 0 unspecified atom stereocenters. The third-order valence-corrected chi connectivity index (χ3v) is 7.17. The normalized spacial score (nSPS) is 18.2. The molecule has 170 valence electrons. The van der Waals surface area contributed by atoms with Gasteiger partial charge in [0.05, 0.1) is 17.3 Å². The summed E-state index contributed by atoms with van der Waals surface area (Å²) in [6.07, 6.45) is 6.83. The number of rotatable bonds is 5. The smallest absolute Gasteiger partial charge is 0.167 e. The zero-order valence-corrected chi connectivity index (χ0v) is 19.4. The molecule has 6 rings (SSSR count). The van der Waals surface area contributed by atoms with Gasteiger partial charge in [0.15, 0.2) is 5.65 Å². The lowest BCUT2D eigenvalue weighted by atomic mass is 10.1. The zero-order valence-electron chi connectivity index (χ0n) is 19.4. The minimum Gasteiger partial charge on any atom is -0.368 e. The number of piperidine rings is 1. The van der Waals surface area contributed by atoms with E-state index in [0.29, 0.717) is 11.6 Å². The molecule has 0 radical (unpaired) electrons. The zero-order chi connectivity index (χ0) is 23.1. The van der Waals surface area contributed by atoms with Crippen LogP contribution in [0.1, 0.15) is 42.7 Å². The molecule has 1 atom stereocenters. The van der Waals surface area contributed by atoms with Crippen molar-refractivity contribution in [3.63, 3.8) is 0 Å². The highest BCUT2D eigenvalue weighted by Gasteiger charge is 2.25. The lowest BCUT2D eigenvalue weighted by Crippen LogP contribution is -2.44. The number of hydrogen-bond acceptors (Lipinski definition) is 5. The number of aromatic nitrogens is 3. The largest absolute Gasteiger partial charge is 0.368 e. The van der Waals surface area contributed by atoms with E-state index in [1.807, 2.05) is 37.5 Å². The molecule has 0 amide bonds. The highest BCUT2D eigenvalue weighted by Crippen LogP contribution is 2.40. The molecule has 34 heavy (non-hydrogen) atoms. The molecule has 2 aliphatic rings. The second kappa shape index (κ2) is 8.58. The second-order valence-corrected chi connectivity index (χ2v) is 9.40. The molecule has 2 aromatic carbocycles. The highest BCUT2D eigenvalue weighted by molar-refractivity contribution is 5.90. The number of imidazole rings is 1. The molecule has 1 saturated heterocycles. The van der Waals surface area contributed by atoms with E-state index < -0.39 is 0 Å². The summed E-state index contributed by atoms with van der Waals surface area (Å²) in [7, 11) is 2.04. The molecule has 1 aliphatic heterocycles. The number of benzene rings is 2. The van der Waals surface area contributed by atoms with Crippen LogP contribution in [0.15, 0.2) is 60.8 Å². The molecular formula is C28H28N6. The van der Waals surface area contributed by atoms with E-state index in [1.165, 1.54) is 24.8 Å². The number of nitriles is 1. The van der Waals surface area contributed by atoms with Gasteiger partial charge in [0, 0.05) is 36.6 Å². The molecule has 1 N–H and O–H groups in total. The van der Waals surface area contributed by atoms with Crippen LogP contribution in [0.2, 0.25) is 0 Å². The van der Waals surface area contributed by atoms with Gasteiger partial charge in [-0.15, -0.1) is 0 Å². The molecule has 4 aromatic rings. The third-order valence-electron chi connectivity index (χ3n) is 7.17. The van der Waals surface area contributed by atoms with Crippen LogP contribution < -0.4 is 10.2 Å². The van der Waals surface area contributed by atoms with E-state index >= 15 is 0 Å². The number of nitrogens with one attached hydrogen (secondary N) is 1. The first kappa shape index (κ1) is 20.9. The summed E-state index contributed by atoms with van der Waals surface area (Å²) in [5.74, 6) is 1.57. The average Bonchev–Trinajstić information content (AvgIpc) is 3.68. The Morgan fingerprint density at radius 1 is 1.00 bits per heavy atom. The van der Waals surface area contributed by atoms with Crippen molar-refractivity contribution in [1.82, 2.24) is 19.9 Å². The molecule has 0 spiro atoms. The van der Waals surface area contributed by atoms with Crippen LogP contribution >= 0.6 is 0 Å². The maximum atomic E-state index is 9.25. The minimum atomic E-state index is 0.479. The van der Waals surface area contributed by atoms with E-state index in [0.717, 1.165) is 59.4 Å². The summed E-state index contributed by atoms with van der Waals surface area (Å²) in [6, 6.07) is 21.3. The number of nitrogens with zero attached hydrogens (tertiary/aromatic N) is 5. The maximum absolute atomic E-state index is 9.25. The Morgan fingerprint density at radius 2 is 1.79 bits per heavy atom. The number of pyridine rings is 1. The van der Waals surface area contributed by atoms with Crippen LogP contribution in [-0.2, 0) is 0 Å². The lowest BCUT2D eigenvalue weighted by molar-refractivity contribution is 0.450. The summed E-state index contributed by atoms with van der Waals surface area (Å²) >= 11 is 0. The van der Waals surface area contributed by atoms with Gasteiger partial charge in [0.25, 0.3) is 0 Å². The molecule has 3 heterocycles. The van der Waals surface area contributed by atoms with Crippen molar-refractivity contribution in [2.75, 3.05) is 25.0 Å². The molecular weight excluding hydrogens is 420 g/mol. The standard InChI is InChI=1S/C28H28N6/c1-30-23-3-2-16-33(18-23)25-14-15-31-28-26(25)32-27(22-6-4-19(17-29)5-7-22)34(28)24-12-10-21(11-13-24)20-8-9-20/h4-7,10-15,20,23,30H,2-3,8-9,16,18H2,1H3/t23-/m1/s1. The van der Waals surface area contributed by atoms with Gasteiger partial charge in [-0.25, -0.2) is 9.97 Å². The van der Waals surface area contributed by atoms with Gasteiger partial charge >= 0.3 is 0 Å². The quantitative estimate of drug-likeness (QED) is 0.464. The summed E-state index contributed by atoms with van der Waals surface area (Å²) in [6.45, 7) is 1.98. The number of likely N-dealkylation sites (N-methyl/N-ethyl adjacent to an activating group) is 1. The van der Waals surface area contributed by atoms with Crippen molar-refractivity contribution >= 4 is 16.9 Å². The third kappa shape index (κ3) is 3.72. The fraction of sp³-hybridized carbons (Fsp3) is 0.321. The molecule has 1 aliphatic carbocycles. The SMILES string of the molecule is CN[C@@H]1CCCN(c2ccnc3c2nc(-c2ccc(C#N)cc2)n3-c2ccc(C3CC3)cc2)C1. The summed E-state index contributed by atoms with van der Waals surface area (Å²) in [5, 5.41) is 12.7. The van der Waals surface area contributed by atoms with Gasteiger partial charge in [-0.1, -0.05) is 12.1 Å². The van der Waals surface area contributed by atoms with Crippen molar-refractivity contribution < 1.29 is 0 Å². The van der Waals surface area contributed by atoms with Crippen molar-refractivity contribution in [3.8, 4) is 23.1 Å². The average molecular weight is 449 g/mol. The van der Waals surface area contributed by atoms with E-state index in [4.69, 9.17) is 9.97 Å². The van der Waals surface area contributed by atoms with Crippen molar-refractivity contribution in [1.29, 1.82) is 5.26 Å².